The zero-order chi connectivity index (χ0) is 13.2. The van der Waals surface area contributed by atoms with Crippen LogP contribution in [0.2, 0.25) is 0 Å². The van der Waals surface area contributed by atoms with Crippen molar-refractivity contribution in [2.24, 2.45) is 0 Å². The first kappa shape index (κ1) is 13.4. The Morgan fingerprint density at radius 1 is 1.41 bits per heavy atom. The Morgan fingerprint density at radius 3 is 2.41 bits per heavy atom. The van der Waals surface area contributed by atoms with Crippen LogP contribution < -0.4 is 0 Å². The van der Waals surface area contributed by atoms with Gasteiger partial charge >= 0.3 is 6.18 Å². The Bertz CT molecular complexity index is 459. The van der Waals surface area contributed by atoms with Crippen LogP contribution in [-0.2, 0) is 12.6 Å². The summed E-state index contributed by atoms with van der Waals surface area (Å²) >= 11 is 0. The molecule has 0 unspecified atom stereocenters. The van der Waals surface area contributed by atoms with Crippen LogP contribution in [0.25, 0.3) is 0 Å². The minimum absolute atomic E-state index is 0.0491. The highest BCUT2D eigenvalue weighted by molar-refractivity contribution is 5.37. The highest BCUT2D eigenvalue weighted by atomic mass is 19.4. The van der Waals surface area contributed by atoms with Crippen molar-refractivity contribution in [2.45, 2.75) is 25.9 Å². The molecule has 0 aliphatic heterocycles. The van der Waals surface area contributed by atoms with Gasteiger partial charge in [0, 0.05) is 5.69 Å². The molecule has 1 heterocycles. The average Bonchev–Trinajstić information content (AvgIpc) is 2.15. The number of nitrogens with zero attached hydrogens (tertiary/aromatic N) is 2. The van der Waals surface area contributed by atoms with E-state index < -0.39 is 35.8 Å². The van der Waals surface area contributed by atoms with Gasteiger partial charge in [0.25, 0.3) is 6.43 Å². The van der Waals surface area contributed by atoms with Crippen molar-refractivity contribution >= 4 is 0 Å². The number of hydrogen-bond acceptors (Lipinski definition) is 2. The van der Waals surface area contributed by atoms with E-state index in [0.29, 0.717) is 6.07 Å². The Hall–Kier alpha value is -1.71. The maximum Gasteiger partial charge on any atom is 0.417 e. The van der Waals surface area contributed by atoms with Gasteiger partial charge in [-0.1, -0.05) is 0 Å². The lowest BCUT2D eigenvalue weighted by Crippen LogP contribution is -2.14. The topological polar surface area (TPSA) is 36.7 Å². The summed E-state index contributed by atoms with van der Waals surface area (Å²) in [5.41, 5.74) is -3.20. The van der Waals surface area contributed by atoms with Gasteiger partial charge in [-0.05, 0) is 13.0 Å². The third-order valence-corrected chi connectivity index (χ3v) is 2.04. The summed E-state index contributed by atoms with van der Waals surface area (Å²) < 4.78 is 62.9. The third-order valence-electron chi connectivity index (χ3n) is 2.04. The van der Waals surface area contributed by atoms with Crippen molar-refractivity contribution in [3.05, 3.63) is 28.6 Å². The Balaban J connectivity index is 3.53. The first-order valence-corrected chi connectivity index (χ1v) is 4.50. The fourth-order valence-corrected chi connectivity index (χ4v) is 1.44. The molecule has 1 aromatic heterocycles. The van der Waals surface area contributed by atoms with Crippen LogP contribution in [-0.4, -0.2) is 4.98 Å². The van der Waals surface area contributed by atoms with Gasteiger partial charge in [-0.15, -0.1) is 0 Å². The molecule has 0 fully saturated rings. The number of pyridine rings is 1. The van der Waals surface area contributed by atoms with Crippen LogP contribution in [0.4, 0.5) is 22.0 Å². The van der Waals surface area contributed by atoms with Gasteiger partial charge in [0.1, 0.15) is 0 Å². The molecule has 0 saturated heterocycles. The van der Waals surface area contributed by atoms with Gasteiger partial charge in [-0.25, -0.2) is 8.78 Å². The van der Waals surface area contributed by atoms with Crippen molar-refractivity contribution in [1.82, 2.24) is 4.98 Å². The molecule has 0 aromatic carbocycles. The van der Waals surface area contributed by atoms with E-state index in [2.05, 4.69) is 4.98 Å². The average molecular weight is 250 g/mol. The van der Waals surface area contributed by atoms with Gasteiger partial charge in [-0.2, -0.15) is 18.4 Å². The minimum atomic E-state index is -4.89. The summed E-state index contributed by atoms with van der Waals surface area (Å²) in [6.45, 7) is 1.26. The fourth-order valence-electron chi connectivity index (χ4n) is 1.44. The van der Waals surface area contributed by atoms with E-state index in [4.69, 9.17) is 5.26 Å². The summed E-state index contributed by atoms with van der Waals surface area (Å²) in [6, 6.07) is 2.08. The SMILES string of the molecule is Cc1cc(C(F)(F)F)c(C(F)F)c(CC#N)n1. The summed E-state index contributed by atoms with van der Waals surface area (Å²) in [4.78, 5) is 3.56. The molecule has 0 bridgehead atoms. The standard InChI is InChI=1S/C10H7F5N2/c1-5-4-6(10(13,14)15)8(9(11)12)7(17-5)2-3-16/h4,9H,2H2,1H3. The molecule has 0 saturated carbocycles. The van der Waals surface area contributed by atoms with Crippen LogP contribution >= 0.6 is 0 Å². The molecule has 17 heavy (non-hydrogen) atoms. The number of aromatic nitrogens is 1. The molecule has 1 rings (SSSR count). The number of alkyl halides is 5. The summed E-state index contributed by atoms with van der Waals surface area (Å²) in [5, 5.41) is 8.39. The molecule has 0 atom stereocenters. The summed E-state index contributed by atoms with van der Waals surface area (Å²) in [6.07, 6.45) is -8.78. The van der Waals surface area contributed by atoms with Crippen LogP contribution in [0.15, 0.2) is 6.07 Å². The monoisotopic (exact) mass is 250 g/mol. The Morgan fingerprint density at radius 2 is 2.00 bits per heavy atom. The number of halogens is 5. The van der Waals surface area contributed by atoms with Gasteiger partial charge in [0.05, 0.1) is 29.3 Å². The molecule has 0 radical (unpaired) electrons. The van der Waals surface area contributed by atoms with Crippen LogP contribution in [0.1, 0.15) is 28.9 Å². The molecule has 0 N–H and O–H groups in total. The lowest BCUT2D eigenvalue weighted by Gasteiger charge is -2.15. The summed E-state index contributed by atoms with van der Waals surface area (Å²) in [5.74, 6) is 0. The third kappa shape index (κ3) is 2.90. The van der Waals surface area contributed by atoms with Gasteiger partial charge < -0.3 is 0 Å². The smallest absolute Gasteiger partial charge is 0.257 e. The lowest BCUT2D eigenvalue weighted by atomic mass is 10.0. The predicted octanol–water partition coefficient (Wildman–Crippen LogP) is 3.41. The first-order chi connectivity index (χ1) is 7.77. The van der Waals surface area contributed by atoms with Gasteiger partial charge in [-0.3, -0.25) is 4.98 Å². The highest BCUT2D eigenvalue weighted by Gasteiger charge is 2.37. The highest BCUT2D eigenvalue weighted by Crippen LogP contribution is 2.38. The van der Waals surface area contributed by atoms with E-state index in [-0.39, 0.29) is 5.69 Å². The second kappa shape index (κ2) is 4.65. The van der Waals surface area contributed by atoms with E-state index in [9.17, 15) is 22.0 Å². The molecule has 1 aromatic rings. The zero-order valence-electron chi connectivity index (χ0n) is 8.65. The molecule has 0 amide bonds. The molecular weight excluding hydrogens is 243 g/mol. The van der Waals surface area contributed by atoms with Crippen molar-refractivity contribution in [2.75, 3.05) is 0 Å². The van der Waals surface area contributed by atoms with E-state index in [1.165, 1.54) is 13.0 Å². The number of hydrogen-bond donors (Lipinski definition) is 0. The van der Waals surface area contributed by atoms with Crippen molar-refractivity contribution in [1.29, 1.82) is 5.26 Å². The summed E-state index contributed by atoms with van der Waals surface area (Å²) in [7, 11) is 0. The van der Waals surface area contributed by atoms with Crippen molar-refractivity contribution in [3.8, 4) is 6.07 Å². The molecule has 0 aliphatic rings. The van der Waals surface area contributed by atoms with E-state index in [1.807, 2.05) is 0 Å². The Labute approximate surface area is 93.7 Å². The van der Waals surface area contributed by atoms with E-state index in [1.54, 1.807) is 0 Å². The minimum Gasteiger partial charge on any atom is -0.257 e. The van der Waals surface area contributed by atoms with Crippen molar-refractivity contribution < 1.29 is 22.0 Å². The number of nitriles is 1. The quantitative estimate of drug-likeness (QED) is 0.754. The van der Waals surface area contributed by atoms with Crippen LogP contribution in [0.5, 0.6) is 0 Å². The van der Waals surface area contributed by atoms with Crippen molar-refractivity contribution in [3.63, 3.8) is 0 Å². The molecule has 2 nitrogen and oxygen atoms in total. The second-order valence-corrected chi connectivity index (χ2v) is 3.30. The van der Waals surface area contributed by atoms with E-state index >= 15 is 0 Å². The molecule has 0 aliphatic carbocycles. The van der Waals surface area contributed by atoms with Crippen LogP contribution in [0, 0.1) is 18.3 Å². The second-order valence-electron chi connectivity index (χ2n) is 3.30. The molecule has 0 spiro atoms. The maximum atomic E-state index is 12.6. The largest absolute Gasteiger partial charge is 0.417 e. The van der Waals surface area contributed by atoms with Gasteiger partial charge in [0.15, 0.2) is 0 Å². The molecular formula is C10H7F5N2. The maximum absolute atomic E-state index is 12.6. The normalized spacial score (nSPS) is 11.6. The lowest BCUT2D eigenvalue weighted by molar-refractivity contribution is -0.139. The van der Waals surface area contributed by atoms with Gasteiger partial charge in [0.2, 0.25) is 0 Å². The Kier molecular flexibility index (Phi) is 3.66. The fraction of sp³-hybridized carbons (Fsp3) is 0.400. The first-order valence-electron chi connectivity index (χ1n) is 4.50. The number of aryl methyl sites for hydroxylation is 1. The van der Waals surface area contributed by atoms with Crippen LogP contribution in [0.3, 0.4) is 0 Å². The van der Waals surface area contributed by atoms with E-state index in [0.717, 1.165) is 0 Å². The molecule has 7 heteroatoms. The molecule has 92 valence electrons. The number of rotatable bonds is 2. The predicted molar refractivity (Wildman–Crippen MR) is 48.3 cm³/mol. The zero-order valence-corrected chi connectivity index (χ0v) is 8.65.